The molecule has 1 atom stereocenters. The van der Waals surface area contributed by atoms with E-state index >= 15 is 0 Å². The molecule has 17 heavy (non-hydrogen) atoms. The van der Waals surface area contributed by atoms with Gasteiger partial charge >= 0.3 is 0 Å². The molecule has 0 aliphatic carbocycles. The first-order chi connectivity index (χ1) is 8.33. The van der Waals surface area contributed by atoms with Crippen LogP contribution < -0.4 is 0 Å². The number of methoxy groups -OCH3 is 1. The van der Waals surface area contributed by atoms with E-state index in [2.05, 4.69) is 4.90 Å². The van der Waals surface area contributed by atoms with Gasteiger partial charge in [0.2, 0.25) is 0 Å². The number of ether oxygens (including phenoxy) is 3. The fourth-order valence-corrected chi connectivity index (χ4v) is 2.21. The largest absolute Gasteiger partial charge is 0.382 e. The summed E-state index contributed by atoms with van der Waals surface area (Å²) in [5, 5.41) is 0.320. The van der Waals surface area contributed by atoms with E-state index in [9.17, 15) is 0 Å². The standard InChI is InChI=1S/C12H24ClNO3/c1-15-7-8-17-10-9-16-6-5-14-4-2-3-12(13)11-14/h12H,2-11H2,1H3. The molecule has 1 unspecified atom stereocenters. The molecule has 1 rings (SSSR count). The van der Waals surface area contributed by atoms with Crippen LogP contribution in [0.5, 0.6) is 0 Å². The number of nitrogens with zero attached hydrogens (tertiary/aromatic N) is 1. The molecule has 0 spiro atoms. The molecule has 4 nitrogen and oxygen atoms in total. The quantitative estimate of drug-likeness (QED) is 0.465. The summed E-state index contributed by atoms with van der Waals surface area (Å²) in [5.41, 5.74) is 0. The Morgan fingerprint density at radius 3 is 2.53 bits per heavy atom. The summed E-state index contributed by atoms with van der Waals surface area (Å²) < 4.78 is 15.7. The van der Waals surface area contributed by atoms with Gasteiger partial charge in [0.25, 0.3) is 0 Å². The van der Waals surface area contributed by atoms with Crippen molar-refractivity contribution < 1.29 is 14.2 Å². The van der Waals surface area contributed by atoms with Crippen LogP contribution in [-0.4, -0.2) is 70.1 Å². The molecule has 0 aromatic heterocycles. The Morgan fingerprint density at radius 2 is 1.82 bits per heavy atom. The third-order valence-corrected chi connectivity index (χ3v) is 3.16. The van der Waals surface area contributed by atoms with Crippen molar-refractivity contribution in [2.24, 2.45) is 0 Å². The Labute approximate surface area is 109 Å². The maximum absolute atomic E-state index is 6.11. The Balaban J connectivity index is 1.83. The van der Waals surface area contributed by atoms with Gasteiger partial charge in [0.05, 0.1) is 33.0 Å². The second-order valence-electron chi connectivity index (χ2n) is 4.26. The average molecular weight is 266 g/mol. The van der Waals surface area contributed by atoms with E-state index in [1.54, 1.807) is 7.11 Å². The molecule has 1 saturated heterocycles. The highest BCUT2D eigenvalue weighted by Gasteiger charge is 2.16. The lowest BCUT2D eigenvalue weighted by atomic mass is 10.1. The fraction of sp³-hybridized carbons (Fsp3) is 1.00. The summed E-state index contributed by atoms with van der Waals surface area (Å²) in [7, 11) is 1.67. The van der Waals surface area contributed by atoms with Crippen molar-refractivity contribution >= 4 is 11.6 Å². The normalized spacial score (nSPS) is 21.9. The molecule has 0 amide bonds. The molecule has 0 bridgehead atoms. The third-order valence-electron chi connectivity index (χ3n) is 2.80. The van der Waals surface area contributed by atoms with Crippen molar-refractivity contribution in [2.45, 2.75) is 18.2 Å². The average Bonchev–Trinajstić information content (AvgIpc) is 2.33. The lowest BCUT2D eigenvalue weighted by Crippen LogP contribution is -2.38. The van der Waals surface area contributed by atoms with Crippen LogP contribution in [0, 0.1) is 0 Å². The molecular weight excluding hydrogens is 242 g/mol. The van der Waals surface area contributed by atoms with Gasteiger partial charge in [-0.15, -0.1) is 11.6 Å². The topological polar surface area (TPSA) is 30.9 Å². The fourth-order valence-electron chi connectivity index (χ4n) is 1.86. The summed E-state index contributed by atoms with van der Waals surface area (Å²) in [6.07, 6.45) is 2.35. The van der Waals surface area contributed by atoms with E-state index in [1.807, 2.05) is 0 Å². The Kier molecular flexibility index (Phi) is 9.01. The van der Waals surface area contributed by atoms with Crippen molar-refractivity contribution in [1.29, 1.82) is 0 Å². The number of alkyl halides is 1. The van der Waals surface area contributed by atoms with E-state index in [0.717, 1.165) is 32.7 Å². The number of halogens is 1. The molecule has 1 aliphatic rings. The van der Waals surface area contributed by atoms with Crippen LogP contribution in [0.4, 0.5) is 0 Å². The minimum atomic E-state index is 0.320. The molecule has 0 saturated carbocycles. The van der Waals surface area contributed by atoms with Gasteiger partial charge in [-0.3, -0.25) is 4.90 Å². The van der Waals surface area contributed by atoms with E-state index in [1.165, 1.54) is 6.42 Å². The summed E-state index contributed by atoms with van der Waals surface area (Å²) in [5.74, 6) is 0. The van der Waals surface area contributed by atoms with Gasteiger partial charge in [-0.05, 0) is 19.4 Å². The molecular formula is C12H24ClNO3. The molecule has 1 fully saturated rings. The molecule has 0 aromatic rings. The highest BCUT2D eigenvalue weighted by atomic mass is 35.5. The predicted molar refractivity (Wildman–Crippen MR) is 68.8 cm³/mol. The maximum atomic E-state index is 6.11. The minimum Gasteiger partial charge on any atom is -0.382 e. The van der Waals surface area contributed by atoms with Gasteiger partial charge in [0, 0.05) is 25.6 Å². The van der Waals surface area contributed by atoms with Crippen molar-refractivity contribution in [1.82, 2.24) is 4.90 Å². The second kappa shape index (κ2) is 10.1. The monoisotopic (exact) mass is 265 g/mol. The summed E-state index contributed by atoms with van der Waals surface area (Å²) in [6, 6.07) is 0. The minimum absolute atomic E-state index is 0.320. The van der Waals surface area contributed by atoms with Gasteiger partial charge in [-0.2, -0.15) is 0 Å². The van der Waals surface area contributed by atoms with Gasteiger partial charge < -0.3 is 14.2 Å². The van der Waals surface area contributed by atoms with Crippen molar-refractivity contribution in [3.8, 4) is 0 Å². The van der Waals surface area contributed by atoms with E-state index in [0.29, 0.717) is 31.8 Å². The van der Waals surface area contributed by atoms with Crippen LogP contribution in [0.15, 0.2) is 0 Å². The summed E-state index contributed by atoms with van der Waals surface area (Å²) in [6.45, 7) is 6.46. The zero-order valence-corrected chi connectivity index (χ0v) is 11.5. The Hall–Kier alpha value is 0.130. The molecule has 0 aromatic carbocycles. The summed E-state index contributed by atoms with van der Waals surface area (Å²) >= 11 is 6.11. The number of likely N-dealkylation sites (tertiary alicyclic amines) is 1. The maximum Gasteiger partial charge on any atom is 0.0701 e. The van der Waals surface area contributed by atoms with E-state index in [-0.39, 0.29) is 0 Å². The number of hydrogen-bond donors (Lipinski definition) is 0. The molecule has 1 heterocycles. The van der Waals surface area contributed by atoms with Crippen LogP contribution >= 0.6 is 11.6 Å². The van der Waals surface area contributed by atoms with Crippen LogP contribution in [0.25, 0.3) is 0 Å². The number of piperidine rings is 1. The van der Waals surface area contributed by atoms with Gasteiger partial charge in [-0.1, -0.05) is 0 Å². The highest BCUT2D eigenvalue weighted by Crippen LogP contribution is 2.14. The van der Waals surface area contributed by atoms with Crippen molar-refractivity contribution in [2.75, 3.05) is 59.8 Å². The van der Waals surface area contributed by atoms with Crippen LogP contribution in [-0.2, 0) is 14.2 Å². The van der Waals surface area contributed by atoms with Gasteiger partial charge in [-0.25, -0.2) is 0 Å². The smallest absolute Gasteiger partial charge is 0.0701 e. The second-order valence-corrected chi connectivity index (χ2v) is 4.87. The lowest BCUT2D eigenvalue weighted by Gasteiger charge is -2.29. The Morgan fingerprint density at radius 1 is 1.12 bits per heavy atom. The predicted octanol–water partition coefficient (Wildman–Crippen LogP) is 1.37. The first-order valence-electron chi connectivity index (χ1n) is 6.34. The first kappa shape index (κ1) is 15.2. The van der Waals surface area contributed by atoms with Crippen LogP contribution in [0.1, 0.15) is 12.8 Å². The number of rotatable bonds is 9. The van der Waals surface area contributed by atoms with Gasteiger partial charge in [0.15, 0.2) is 0 Å². The van der Waals surface area contributed by atoms with Crippen molar-refractivity contribution in [3.63, 3.8) is 0 Å². The summed E-state index contributed by atoms with van der Waals surface area (Å²) in [4.78, 5) is 2.37. The Bertz CT molecular complexity index is 183. The first-order valence-corrected chi connectivity index (χ1v) is 6.77. The SMILES string of the molecule is COCCOCCOCCN1CCCC(Cl)C1. The zero-order valence-electron chi connectivity index (χ0n) is 10.7. The third kappa shape index (κ3) is 7.95. The molecule has 0 radical (unpaired) electrons. The van der Waals surface area contributed by atoms with Crippen LogP contribution in [0.2, 0.25) is 0 Å². The number of hydrogen-bond acceptors (Lipinski definition) is 4. The molecule has 0 N–H and O–H groups in total. The van der Waals surface area contributed by atoms with Crippen molar-refractivity contribution in [3.05, 3.63) is 0 Å². The highest BCUT2D eigenvalue weighted by molar-refractivity contribution is 6.20. The lowest BCUT2D eigenvalue weighted by molar-refractivity contribution is 0.0185. The van der Waals surface area contributed by atoms with Gasteiger partial charge in [0.1, 0.15) is 0 Å². The molecule has 5 heteroatoms. The van der Waals surface area contributed by atoms with Crippen LogP contribution in [0.3, 0.4) is 0 Å². The molecule has 1 aliphatic heterocycles. The van der Waals surface area contributed by atoms with E-state index < -0.39 is 0 Å². The molecule has 102 valence electrons. The zero-order chi connectivity index (χ0) is 12.3. The van der Waals surface area contributed by atoms with E-state index in [4.69, 9.17) is 25.8 Å².